The molecule has 0 amide bonds. The number of sulfonamides is 1. The summed E-state index contributed by atoms with van der Waals surface area (Å²) in [6, 6.07) is 2.29. The van der Waals surface area contributed by atoms with Gasteiger partial charge in [0.05, 0.1) is 11.0 Å². The molecule has 1 unspecified atom stereocenters. The van der Waals surface area contributed by atoms with Crippen molar-refractivity contribution in [2.24, 2.45) is 0 Å². The number of rotatable bonds is 4. The highest BCUT2D eigenvalue weighted by Gasteiger charge is 2.25. The van der Waals surface area contributed by atoms with E-state index in [1.165, 1.54) is 27.0 Å². The topological polar surface area (TPSA) is 83.6 Å². The molecule has 0 radical (unpaired) electrons. The molecule has 0 aliphatic heterocycles. The molecule has 0 saturated heterocycles. The number of aliphatic hydroxyl groups excluding tert-OH is 1. The van der Waals surface area contributed by atoms with Crippen molar-refractivity contribution in [3.05, 3.63) is 23.5 Å². The minimum Gasteiger partial charge on any atom is -0.399 e. The molecule has 0 spiro atoms. The Morgan fingerprint density at radius 3 is 2.56 bits per heavy atom. The fourth-order valence-electron chi connectivity index (χ4n) is 1.58. The van der Waals surface area contributed by atoms with E-state index in [1.807, 2.05) is 0 Å². The maximum atomic E-state index is 13.5. The molecule has 1 atom stereocenters. The largest absolute Gasteiger partial charge is 0.399 e. The lowest BCUT2D eigenvalue weighted by atomic mass is 10.2. The first-order valence-electron chi connectivity index (χ1n) is 5.36. The van der Waals surface area contributed by atoms with Crippen LogP contribution in [0.15, 0.2) is 17.0 Å². The number of likely N-dealkylation sites (N-methyl/N-ethyl adjacent to an activating group) is 1. The second-order valence-corrected chi connectivity index (χ2v) is 6.27. The van der Waals surface area contributed by atoms with Gasteiger partial charge in [0, 0.05) is 24.8 Å². The molecule has 5 nitrogen and oxygen atoms in total. The van der Waals surface area contributed by atoms with Gasteiger partial charge in [-0.25, -0.2) is 12.8 Å². The predicted molar refractivity (Wildman–Crippen MR) is 67.0 cm³/mol. The Morgan fingerprint density at radius 1 is 1.50 bits per heavy atom. The van der Waals surface area contributed by atoms with Gasteiger partial charge in [-0.3, -0.25) is 0 Å². The maximum Gasteiger partial charge on any atom is 0.243 e. The van der Waals surface area contributed by atoms with Crippen molar-refractivity contribution in [2.45, 2.75) is 24.8 Å². The Bertz CT molecular complexity index is 543. The van der Waals surface area contributed by atoms with Crippen LogP contribution in [0.1, 0.15) is 12.5 Å². The molecule has 18 heavy (non-hydrogen) atoms. The number of nitrogens with zero attached hydrogens (tertiary/aromatic N) is 1. The number of hydrogen-bond donors (Lipinski definition) is 2. The molecule has 102 valence electrons. The predicted octanol–water partition coefficient (Wildman–Crippen LogP) is 0.718. The van der Waals surface area contributed by atoms with Crippen LogP contribution in [0.2, 0.25) is 0 Å². The van der Waals surface area contributed by atoms with Gasteiger partial charge in [-0.1, -0.05) is 0 Å². The summed E-state index contributed by atoms with van der Waals surface area (Å²) in [5.41, 5.74) is 5.51. The normalized spacial score (nSPS) is 13.9. The smallest absolute Gasteiger partial charge is 0.243 e. The van der Waals surface area contributed by atoms with E-state index in [4.69, 9.17) is 5.73 Å². The van der Waals surface area contributed by atoms with Crippen LogP contribution in [0.4, 0.5) is 10.1 Å². The van der Waals surface area contributed by atoms with E-state index >= 15 is 0 Å². The summed E-state index contributed by atoms with van der Waals surface area (Å²) in [6.07, 6.45) is -0.809. The van der Waals surface area contributed by atoms with Crippen LogP contribution in [0, 0.1) is 12.7 Å². The zero-order valence-electron chi connectivity index (χ0n) is 10.5. The van der Waals surface area contributed by atoms with Crippen LogP contribution in [0.3, 0.4) is 0 Å². The fraction of sp³-hybridized carbons (Fsp3) is 0.455. The summed E-state index contributed by atoms with van der Waals surface area (Å²) in [6.45, 7) is 2.77. The molecule has 1 aromatic rings. The second-order valence-electron chi connectivity index (χ2n) is 4.26. The first-order chi connectivity index (χ1) is 8.16. The van der Waals surface area contributed by atoms with E-state index in [2.05, 4.69) is 0 Å². The number of aliphatic hydroxyl groups is 1. The number of nitrogen functional groups attached to an aromatic ring is 1. The number of nitrogens with two attached hydrogens (primary N) is 1. The Morgan fingerprint density at radius 2 is 2.06 bits per heavy atom. The van der Waals surface area contributed by atoms with Gasteiger partial charge < -0.3 is 10.8 Å². The van der Waals surface area contributed by atoms with Gasteiger partial charge in [0.2, 0.25) is 10.0 Å². The van der Waals surface area contributed by atoms with Crippen LogP contribution < -0.4 is 5.73 Å². The van der Waals surface area contributed by atoms with Crippen molar-refractivity contribution in [1.82, 2.24) is 4.31 Å². The van der Waals surface area contributed by atoms with Crippen molar-refractivity contribution >= 4 is 15.7 Å². The van der Waals surface area contributed by atoms with Crippen LogP contribution in [0.5, 0.6) is 0 Å². The summed E-state index contributed by atoms with van der Waals surface area (Å²) in [5, 5.41) is 9.21. The van der Waals surface area contributed by atoms with Crippen molar-refractivity contribution < 1.29 is 17.9 Å². The third-order valence-corrected chi connectivity index (χ3v) is 4.48. The lowest BCUT2D eigenvalue weighted by Crippen LogP contribution is -2.33. The first-order valence-corrected chi connectivity index (χ1v) is 6.80. The highest BCUT2D eigenvalue weighted by atomic mass is 32.2. The average Bonchev–Trinajstić information content (AvgIpc) is 2.22. The van der Waals surface area contributed by atoms with Gasteiger partial charge >= 0.3 is 0 Å². The highest BCUT2D eigenvalue weighted by Crippen LogP contribution is 2.24. The molecule has 0 aliphatic carbocycles. The molecule has 0 aliphatic rings. The Kier molecular flexibility index (Phi) is 4.31. The van der Waals surface area contributed by atoms with Crippen molar-refractivity contribution in [3.63, 3.8) is 0 Å². The van der Waals surface area contributed by atoms with Crippen molar-refractivity contribution in [2.75, 3.05) is 19.3 Å². The first kappa shape index (κ1) is 14.9. The summed E-state index contributed by atoms with van der Waals surface area (Å²) in [7, 11) is -2.53. The van der Waals surface area contributed by atoms with E-state index in [0.717, 1.165) is 10.4 Å². The zero-order chi connectivity index (χ0) is 14.1. The van der Waals surface area contributed by atoms with Crippen LogP contribution in [-0.4, -0.2) is 37.5 Å². The Labute approximate surface area is 106 Å². The van der Waals surface area contributed by atoms with Gasteiger partial charge in [-0.15, -0.1) is 0 Å². The molecule has 0 saturated carbocycles. The number of halogens is 1. The van der Waals surface area contributed by atoms with E-state index in [-0.39, 0.29) is 22.7 Å². The van der Waals surface area contributed by atoms with Crippen molar-refractivity contribution in [1.29, 1.82) is 0 Å². The molecule has 0 bridgehead atoms. The lowest BCUT2D eigenvalue weighted by molar-refractivity contribution is 0.171. The van der Waals surface area contributed by atoms with Crippen LogP contribution in [0.25, 0.3) is 0 Å². The molecule has 0 aromatic heterocycles. The minimum absolute atomic E-state index is 0.0154. The van der Waals surface area contributed by atoms with Crippen LogP contribution >= 0.6 is 0 Å². The van der Waals surface area contributed by atoms with Gasteiger partial charge in [0.1, 0.15) is 5.82 Å². The summed E-state index contributed by atoms with van der Waals surface area (Å²) in [5.74, 6) is -0.668. The molecule has 7 heteroatoms. The third-order valence-electron chi connectivity index (χ3n) is 2.53. The quantitative estimate of drug-likeness (QED) is 0.794. The van der Waals surface area contributed by atoms with Gasteiger partial charge in [0.25, 0.3) is 0 Å². The van der Waals surface area contributed by atoms with E-state index in [9.17, 15) is 17.9 Å². The average molecular weight is 276 g/mol. The van der Waals surface area contributed by atoms with Crippen LogP contribution in [-0.2, 0) is 10.0 Å². The van der Waals surface area contributed by atoms with E-state index < -0.39 is 21.9 Å². The number of hydrogen-bond acceptors (Lipinski definition) is 4. The summed E-state index contributed by atoms with van der Waals surface area (Å²) < 4.78 is 38.8. The molecule has 0 fully saturated rings. The Hall–Kier alpha value is -1.18. The zero-order valence-corrected chi connectivity index (χ0v) is 11.3. The molecular weight excluding hydrogens is 259 g/mol. The molecular formula is C11H17FN2O3S. The summed E-state index contributed by atoms with van der Waals surface area (Å²) in [4.78, 5) is -0.178. The summed E-state index contributed by atoms with van der Waals surface area (Å²) >= 11 is 0. The molecule has 3 N–H and O–H groups in total. The Balaban J connectivity index is 3.29. The monoisotopic (exact) mass is 276 g/mol. The lowest BCUT2D eigenvalue weighted by Gasteiger charge is -2.20. The molecule has 1 rings (SSSR count). The molecule has 0 heterocycles. The van der Waals surface area contributed by atoms with E-state index in [1.54, 1.807) is 0 Å². The highest BCUT2D eigenvalue weighted by molar-refractivity contribution is 7.89. The maximum absolute atomic E-state index is 13.5. The molecule has 1 aromatic carbocycles. The number of anilines is 1. The van der Waals surface area contributed by atoms with Gasteiger partial charge in [-0.05, 0) is 26.0 Å². The SMILES string of the molecule is Cc1c(F)cc(N)cc1S(=O)(=O)N(C)CC(C)O. The number of benzene rings is 1. The second kappa shape index (κ2) is 5.21. The third kappa shape index (κ3) is 2.98. The standard InChI is InChI=1S/C11H17FN2O3S/c1-7(15)6-14(3)18(16,17)11-5-9(13)4-10(12)8(11)2/h4-5,7,15H,6,13H2,1-3H3. The van der Waals surface area contributed by atoms with Gasteiger partial charge in [0.15, 0.2) is 0 Å². The minimum atomic E-state index is -3.86. The van der Waals surface area contributed by atoms with Gasteiger partial charge in [-0.2, -0.15) is 4.31 Å². The van der Waals surface area contributed by atoms with Crippen molar-refractivity contribution in [3.8, 4) is 0 Å². The fourth-order valence-corrected chi connectivity index (χ4v) is 3.10. The van der Waals surface area contributed by atoms with E-state index in [0.29, 0.717) is 0 Å².